The SMILES string of the molecule is O=C(NNC(=O)c1cc(F)cc2[nH]c(=S)[nH]c12)c1ccc2ccccc2n1. The topological polar surface area (TPSA) is 103 Å². The predicted octanol–water partition coefficient (Wildman–Crippen LogP) is 2.99. The fourth-order valence-electron chi connectivity index (χ4n) is 2.72. The highest BCUT2D eigenvalue weighted by Gasteiger charge is 2.16. The molecule has 134 valence electrons. The number of hydrogen-bond acceptors (Lipinski definition) is 4. The lowest BCUT2D eigenvalue weighted by Crippen LogP contribution is -2.42. The molecule has 4 N–H and O–H groups in total. The molecule has 0 aliphatic heterocycles. The largest absolute Gasteiger partial charge is 0.331 e. The quantitative estimate of drug-likeness (QED) is 0.317. The summed E-state index contributed by atoms with van der Waals surface area (Å²) < 4.78 is 14.0. The van der Waals surface area contributed by atoms with Crippen LogP contribution in [-0.4, -0.2) is 26.8 Å². The van der Waals surface area contributed by atoms with E-state index < -0.39 is 17.6 Å². The van der Waals surface area contributed by atoms with E-state index >= 15 is 0 Å². The Balaban J connectivity index is 1.55. The van der Waals surface area contributed by atoms with Crippen LogP contribution in [0.15, 0.2) is 48.5 Å². The average Bonchev–Trinajstić information content (AvgIpc) is 3.04. The third-order valence-electron chi connectivity index (χ3n) is 3.96. The molecule has 4 aromatic rings. The van der Waals surface area contributed by atoms with Crippen molar-refractivity contribution in [3.05, 3.63) is 70.4 Å². The molecular weight excluding hydrogens is 369 g/mol. The van der Waals surface area contributed by atoms with Crippen molar-refractivity contribution >= 4 is 46.0 Å². The fourth-order valence-corrected chi connectivity index (χ4v) is 2.94. The summed E-state index contributed by atoms with van der Waals surface area (Å²) in [5.74, 6) is -1.90. The minimum Gasteiger partial charge on any atom is -0.331 e. The van der Waals surface area contributed by atoms with Crippen molar-refractivity contribution in [1.82, 2.24) is 25.8 Å². The molecule has 27 heavy (non-hydrogen) atoms. The number of amides is 2. The highest BCUT2D eigenvalue weighted by molar-refractivity contribution is 7.71. The summed E-state index contributed by atoms with van der Waals surface area (Å²) in [6.07, 6.45) is 0. The highest BCUT2D eigenvalue weighted by atomic mass is 32.1. The molecule has 2 heterocycles. The number of rotatable bonds is 2. The van der Waals surface area contributed by atoms with Gasteiger partial charge in [-0.05, 0) is 36.5 Å². The van der Waals surface area contributed by atoms with Crippen LogP contribution >= 0.6 is 12.2 Å². The Morgan fingerprint density at radius 3 is 2.63 bits per heavy atom. The van der Waals surface area contributed by atoms with Crippen LogP contribution in [0.5, 0.6) is 0 Å². The molecule has 0 saturated carbocycles. The normalized spacial score (nSPS) is 10.9. The van der Waals surface area contributed by atoms with Gasteiger partial charge in [0.15, 0.2) is 4.77 Å². The molecule has 2 amide bonds. The zero-order valence-electron chi connectivity index (χ0n) is 13.7. The Morgan fingerprint density at radius 2 is 1.78 bits per heavy atom. The van der Waals surface area contributed by atoms with Crippen LogP contribution < -0.4 is 10.9 Å². The first-order valence-electron chi connectivity index (χ1n) is 7.89. The minimum absolute atomic E-state index is 0.00382. The lowest BCUT2D eigenvalue weighted by atomic mass is 10.1. The maximum absolute atomic E-state index is 13.7. The number of aromatic nitrogens is 3. The zero-order chi connectivity index (χ0) is 19.0. The van der Waals surface area contributed by atoms with Crippen molar-refractivity contribution in [1.29, 1.82) is 0 Å². The van der Waals surface area contributed by atoms with Crippen molar-refractivity contribution in [2.24, 2.45) is 0 Å². The third kappa shape index (κ3) is 3.27. The van der Waals surface area contributed by atoms with Gasteiger partial charge in [0.2, 0.25) is 0 Å². The van der Waals surface area contributed by atoms with Gasteiger partial charge in [-0.2, -0.15) is 0 Å². The van der Waals surface area contributed by atoms with Crippen molar-refractivity contribution < 1.29 is 14.0 Å². The third-order valence-corrected chi connectivity index (χ3v) is 4.16. The van der Waals surface area contributed by atoms with Gasteiger partial charge in [-0.25, -0.2) is 9.37 Å². The lowest BCUT2D eigenvalue weighted by Gasteiger charge is -2.08. The monoisotopic (exact) mass is 381 g/mol. The smallest absolute Gasteiger partial charge is 0.288 e. The number of nitrogens with zero attached hydrogens (tertiary/aromatic N) is 1. The Bertz CT molecular complexity index is 1260. The molecule has 0 aliphatic carbocycles. The first kappa shape index (κ1) is 16.9. The number of nitrogens with one attached hydrogen (secondary N) is 4. The van der Waals surface area contributed by atoms with Gasteiger partial charge in [-0.3, -0.25) is 20.4 Å². The van der Waals surface area contributed by atoms with E-state index in [9.17, 15) is 14.0 Å². The number of carbonyl (C=O) groups is 2. The van der Waals surface area contributed by atoms with Crippen LogP contribution in [0.4, 0.5) is 4.39 Å². The predicted molar refractivity (Wildman–Crippen MR) is 100 cm³/mol. The number of benzene rings is 2. The molecule has 2 aromatic heterocycles. The molecular formula is C18H12FN5O2S. The van der Waals surface area contributed by atoms with E-state index in [1.807, 2.05) is 18.2 Å². The summed E-state index contributed by atoms with van der Waals surface area (Å²) in [7, 11) is 0. The van der Waals surface area contributed by atoms with Crippen molar-refractivity contribution in [2.75, 3.05) is 0 Å². The zero-order valence-corrected chi connectivity index (χ0v) is 14.5. The number of hydrogen-bond donors (Lipinski definition) is 4. The van der Waals surface area contributed by atoms with Crippen LogP contribution in [-0.2, 0) is 0 Å². The summed E-state index contributed by atoms with van der Waals surface area (Å²) >= 11 is 4.97. The molecule has 0 aliphatic rings. The van der Waals surface area contributed by atoms with Crippen LogP contribution in [0.2, 0.25) is 0 Å². The standard InChI is InChI=1S/C18H12FN5O2S/c19-10-7-11(15-14(8-10)21-18(27)22-15)16(25)23-24-17(26)13-6-5-9-3-1-2-4-12(9)20-13/h1-8H,(H,23,25)(H,24,26)(H2,21,22,27). The Labute approximate surface area is 156 Å². The summed E-state index contributed by atoms with van der Waals surface area (Å²) in [5.41, 5.74) is 6.04. The van der Waals surface area contributed by atoms with E-state index in [1.54, 1.807) is 18.2 Å². The van der Waals surface area contributed by atoms with Gasteiger partial charge in [0.1, 0.15) is 11.5 Å². The first-order chi connectivity index (χ1) is 13.0. The van der Waals surface area contributed by atoms with Crippen molar-refractivity contribution in [2.45, 2.75) is 0 Å². The molecule has 0 unspecified atom stereocenters. The average molecular weight is 381 g/mol. The van der Waals surface area contributed by atoms with Gasteiger partial charge in [0, 0.05) is 5.39 Å². The second-order valence-corrected chi connectivity index (χ2v) is 6.16. The number of aromatic amines is 2. The molecule has 0 fully saturated rings. The van der Waals surface area contributed by atoms with Gasteiger partial charge in [0.25, 0.3) is 11.8 Å². The maximum Gasteiger partial charge on any atom is 0.288 e. The molecule has 0 bridgehead atoms. The van der Waals surface area contributed by atoms with Gasteiger partial charge < -0.3 is 9.97 Å². The summed E-state index contributed by atoms with van der Waals surface area (Å²) in [6, 6.07) is 12.9. The Hall–Kier alpha value is -3.59. The lowest BCUT2D eigenvalue weighted by molar-refractivity contribution is 0.0845. The number of carbonyl (C=O) groups excluding carboxylic acids is 2. The minimum atomic E-state index is -0.695. The number of imidazole rings is 1. The summed E-state index contributed by atoms with van der Waals surface area (Å²) in [4.78, 5) is 34.4. The fraction of sp³-hybridized carbons (Fsp3) is 0. The van der Waals surface area contributed by atoms with Crippen LogP contribution in [0.3, 0.4) is 0 Å². The molecule has 9 heteroatoms. The molecule has 0 atom stereocenters. The van der Waals surface area contributed by atoms with E-state index in [-0.39, 0.29) is 16.0 Å². The number of H-pyrrole nitrogens is 2. The van der Waals surface area contributed by atoms with E-state index in [4.69, 9.17) is 12.2 Å². The van der Waals surface area contributed by atoms with Crippen LogP contribution in [0, 0.1) is 10.6 Å². The number of para-hydroxylation sites is 1. The van der Waals surface area contributed by atoms with Gasteiger partial charge in [-0.1, -0.05) is 24.3 Å². The second kappa shape index (κ2) is 6.61. The molecule has 4 rings (SSSR count). The van der Waals surface area contributed by atoms with Gasteiger partial charge in [-0.15, -0.1) is 0 Å². The Morgan fingerprint density at radius 1 is 1.00 bits per heavy atom. The van der Waals surface area contributed by atoms with E-state index in [1.165, 1.54) is 6.07 Å². The van der Waals surface area contributed by atoms with Crippen molar-refractivity contribution in [3.63, 3.8) is 0 Å². The van der Waals surface area contributed by atoms with Gasteiger partial charge in [0.05, 0.1) is 22.1 Å². The van der Waals surface area contributed by atoms with Crippen LogP contribution in [0.1, 0.15) is 20.8 Å². The first-order valence-corrected chi connectivity index (χ1v) is 8.30. The number of fused-ring (bicyclic) bond motifs is 2. The van der Waals surface area contributed by atoms with E-state index in [2.05, 4.69) is 25.8 Å². The molecule has 0 radical (unpaired) electrons. The molecule has 0 spiro atoms. The van der Waals surface area contributed by atoms with E-state index in [0.29, 0.717) is 16.6 Å². The van der Waals surface area contributed by atoms with Crippen molar-refractivity contribution in [3.8, 4) is 0 Å². The van der Waals surface area contributed by atoms with E-state index in [0.717, 1.165) is 11.5 Å². The second-order valence-electron chi connectivity index (χ2n) is 5.75. The number of halogens is 1. The summed E-state index contributed by atoms with van der Waals surface area (Å²) in [5, 5.41) is 0.892. The summed E-state index contributed by atoms with van der Waals surface area (Å²) in [6.45, 7) is 0. The molecule has 2 aromatic carbocycles. The number of pyridine rings is 1. The maximum atomic E-state index is 13.7. The number of hydrazine groups is 1. The Kier molecular flexibility index (Phi) is 4.13. The molecule has 0 saturated heterocycles. The highest BCUT2D eigenvalue weighted by Crippen LogP contribution is 2.17. The molecule has 7 nitrogen and oxygen atoms in total. The van der Waals surface area contributed by atoms with Gasteiger partial charge >= 0.3 is 0 Å². The van der Waals surface area contributed by atoms with Crippen LogP contribution in [0.25, 0.3) is 21.9 Å².